The van der Waals surface area contributed by atoms with Crippen molar-refractivity contribution in [1.82, 2.24) is 0 Å². The van der Waals surface area contributed by atoms with E-state index in [1.54, 1.807) is 0 Å². The highest BCUT2D eigenvalue weighted by molar-refractivity contribution is 5.68. The number of esters is 1. The van der Waals surface area contributed by atoms with Crippen LogP contribution in [-0.2, 0) is 9.53 Å². The summed E-state index contributed by atoms with van der Waals surface area (Å²) in [4.78, 5) is 10.9. The number of rotatable bonds is 16. The van der Waals surface area contributed by atoms with Crippen LogP contribution in [0.1, 0.15) is 71.1 Å². The molecule has 0 radical (unpaired) electrons. The third-order valence-corrected chi connectivity index (χ3v) is 3.83. The van der Waals surface area contributed by atoms with Crippen LogP contribution in [-0.4, -0.2) is 13.1 Å². The molecule has 0 bridgehead atoms. The summed E-state index contributed by atoms with van der Waals surface area (Å²) in [6, 6.07) is 0. The molecule has 0 amide bonds. The first-order valence-electron chi connectivity index (χ1n) is 10.3. The van der Waals surface area contributed by atoms with Gasteiger partial charge in [0.15, 0.2) is 0 Å². The Bertz CT molecular complexity index is 504. The third-order valence-electron chi connectivity index (χ3n) is 3.83. The van der Waals surface area contributed by atoms with Crippen molar-refractivity contribution in [2.75, 3.05) is 7.11 Å². The van der Waals surface area contributed by atoms with Gasteiger partial charge in [-0.05, 0) is 57.8 Å². The van der Waals surface area contributed by atoms with E-state index in [0.717, 1.165) is 57.8 Å². The zero-order chi connectivity index (χ0) is 19.8. The van der Waals surface area contributed by atoms with Crippen LogP contribution in [0.2, 0.25) is 0 Å². The van der Waals surface area contributed by atoms with Gasteiger partial charge < -0.3 is 4.74 Å². The van der Waals surface area contributed by atoms with Gasteiger partial charge in [-0.1, -0.05) is 79.8 Å². The van der Waals surface area contributed by atoms with Crippen molar-refractivity contribution in [3.8, 4) is 0 Å². The van der Waals surface area contributed by atoms with Crippen molar-refractivity contribution >= 4 is 5.97 Å². The maximum atomic E-state index is 10.9. The Morgan fingerprint density at radius 3 is 1.44 bits per heavy atom. The smallest absolute Gasteiger partial charge is 0.305 e. The standard InChI is InChI=1S/C25H38O2/c1-3-4-5-6-7-8-9-10-11-12-13-14-15-16-17-18-19-20-21-22-23-24-25(26)27-2/h4-5,7-8,10-11,13-14,16-17,19-20H,3,6,9,12,15,18,21-24H2,1-2H3/b5-4?,8-7?,11-10?,14-13?,17-16?,20-19-. The zero-order valence-corrected chi connectivity index (χ0v) is 17.3. The fourth-order valence-corrected chi connectivity index (χ4v) is 2.27. The number of unbranched alkanes of at least 4 members (excludes halogenated alkanes) is 2. The quantitative estimate of drug-likeness (QED) is 0.160. The summed E-state index contributed by atoms with van der Waals surface area (Å²) >= 11 is 0. The van der Waals surface area contributed by atoms with Crippen LogP contribution in [0.25, 0.3) is 0 Å². The fraction of sp³-hybridized carbons (Fsp3) is 0.480. The molecule has 2 heteroatoms. The zero-order valence-electron chi connectivity index (χ0n) is 17.3. The number of allylic oxidation sites excluding steroid dienone is 12. The molecule has 0 saturated heterocycles. The van der Waals surface area contributed by atoms with Crippen LogP contribution in [0.3, 0.4) is 0 Å². The summed E-state index contributed by atoms with van der Waals surface area (Å²) in [5, 5.41) is 0. The number of carbonyl (C=O) groups is 1. The Hall–Kier alpha value is -2.09. The molecule has 0 spiro atoms. The van der Waals surface area contributed by atoms with Crippen molar-refractivity contribution in [2.45, 2.75) is 71.1 Å². The number of hydrogen-bond acceptors (Lipinski definition) is 2. The topological polar surface area (TPSA) is 26.3 Å². The Morgan fingerprint density at radius 2 is 1.04 bits per heavy atom. The molecule has 0 unspecified atom stereocenters. The van der Waals surface area contributed by atoms with Gasteiger partial charge in [-0.3, -0.25) is 4.79 Å². The lowest BCUT2D eigenvalue weighted by atomic mass is 10.2. The minimum Gasteiger partial charge on any atom is -0.469 e. The minimum absolute atomic E-state index is 0.113. The van der Waals surface area contributed by atoms with E-state index in [-0.39, 0.29) is 5.97 Å². The van der Waals surface area contributed by atoms with Gasteiger partial charge in [0.05, 0.1) is 7.11 Å². The van der Waals surface area contributed by atoms with Gasteiger partial charge in [-0.25, -0.2) is 0 Å². The Kier molecular flexibility index (Phi) is 20.3. The van der Waals surface area contributed by atoms with E-state index in [4.69, 9.17) is 0 Å². The molecule has 0 saturated carbocycles. The maximum absolute atomic E-state index is 10.9. The van der Waals surface area contributed by atoms with E-state index in [2.05, 4.69) is 84.6 Å². The van der Waals surface area contributed by atoms with E-state index in [1.807, 2.05) is 0 Å². The third kappa shape index (κ3) is 21.9. The first kappa shape index (κ1) is 24.9. The molecule has 2 nitrogen and oxygen atoms in total. The van der Waals surface area contributed by atoms with Gasteiger partial charge in [0, 0.05) is 6.42 Å². The second-order valence-corrected chi connectivity index (χ2v) is 6.24. The van der Waals surface area contributed by atoms with Crippen LogP contribution in [0.5, 0.6) is 0 Å². The van der Waals surface area contributed by atoms with Crippen LogP contribution >= 0.6 is 0 Å². The largest absolute Gasteiger partial charge is 0.469 e. The molecule has 0 aliphatic rings. The normalized spacial score (nSPS) is 12.8. The Balaban J connectivity index is 3.49. The molecule has 0 aromatic carbocycles. The summed E-state index contributed by atoms with van der Waals surface area (Å²) in [7, 11) is 1.44. The highest BCUT2D eigenvalue weighted by Gasteiger charge is 1.97. The molecule has 0 aromatic heterocycles. The fourth-order valence-electron chi connectivity index (χ4n) is 2.27. The van der Waals surface area contributed by atoms with E-state index in [1.165, 1.54) is 7.11 Å². The van der Waals surface area contributed by atoms with Crippen LogP contribution in [0.15, 0.2) is 72.9 Å². The lowest BCUT2D eigenvalue weighted by Crippen LogP contribution is -1.98. The van der Waals surface area contributed by atoms with Crippen molar-refractivity contribution in [3.63, 3.8) is 0 Å². The van der Waals surface area contributed by atoms with Gasteiger partial charge in [0.2, 0.25) is 0 Å². The molecule has 0 heterocycles. The predicted molar refractivity (Wildman–Crippen MR) is 119 cm³/mol. The first-order valence-corrected chi connectivity index (χ1v) is 10.3. The molecule has 0 aliphatic heterocycles. The molecule has 0 aromatic rings. The summed E-state index contributed by atoms with van der Waals surface area (Å²) in [5.41, 5.74) is 0. The number of hydrogen-bond donors (Lipinski definition) is 0. The van der Waals surface area contributed by atoms with E-state index < -0.39 is 0 Å². The minimum atomic E-state index is -0.113. The summed E-state index contributed by atoms with van der Waals surface area (Å²) in [5.74, 6) is -0.113. The summed E-state index contributed by atoms with van der Waals surface area (Å²) in [6.45, 7) is 2.16. The van der Waals surface area contributed by atoms with Gasteiger partial charge in [-0.15, -0.1) is 0 Å². The lowest BCUT2D eigenvalue weighted by molar-refractivity contribution is -0.140. The van der Waals surface area contributed by atoms with Crippen LogP contribution in [0.4, 0.5) is 0 Å². The van der Waals surface area contributed by atoms with Crippen molar-refractivity contribution < 1.29 is 9.53 Å². The molecule has 27 heavy (non-hydrogen) atoms. The van der Waals surface area contributed by atoms with Gasteiger partial charge in [0.1, 0.15) is 0 Å². The van der Waals surface area contributed by atoms with Crippen molar-refractivity contribution in [2.24, 2.45) is 0 Å². The molecule has 150 valence electrons. The van der Waals surface area contributed by atoms with Gasteiger partial charge >= 0.3 is 5.97 Å². The van der Waals surface area contributed by atoms with E-state index >= 15 is 0 Å². The predicted octanol–water partition coefficient (Wildman–Crippen LogP) is 7.42. The molecule has 0 atom stereocenters. The molecule has 0 rings (SSSR count). The highest BCUT2D eigenvalue weighted by Crippen LogP contribution is 2.02. The van der Waals surface area contributed by atoms with Gasteiger partial charge in [0.25, 0.3) is 0 Å². The van der Waals surface area contributed by atoms with Crippen LogP contribution < -0.4 is 0 Å². The molecule has 0 N–H and O–H groups in total. The van der Waals surface area contributed by atoms with E-state index in [0.29, 0.717) is 6.42 Å². The summed E-state index contributed by atoms with van der Waals surface area (Å²) in [6.07, 6.45) is 36.1. The SMILES string of the molecule is CCC=CCC=CCC=CCC=CCC=CC/C=C\CCCCC(=O)OC. The van der Waals surface area contributed by atoms with Crippen LogP contribution in [0, 0.1) is 0 Å². The number of methoxy groups -OCH3 is 1. The van der Waals surface area contributed by atoms with Gasteiger partial charge in [-0.2, -0.15) is 0 Å². The number of ether oxygens (including phenoxy) is 1. The first-order chi connectivity index (χ1) is 13.3. The molecular weight excluding hydrogens is 332 g/mol. The molecular formula is C25H38O2. The average Bonchev–Trinajstić information content (AvgIpc) is 2.68. The number of carbonyl (C=O) groups excluding carboxylic acids is 1. The van der Waals surface area contributed by atoms with Crippen molar-refractivity contribution in [3.05, 3.63) is 72.9 Å². The second-order valence-electron chi connectivity index (χ2n) is 6.24. The Morgan fingerprint density at radius 1 is 0.630 bits per heavy atom. The molecule has 0 fully saturated rings. The highest BCUT2D eigenvalue weighted by atomic mass is 16.5. The van der Waals surface area contributed by atoms with E-state index in [9.17, 15) is 4.79 Å². The lowest BCUT2D eigenvalue weighted by Gasteiger charge is -1.96. The average molecular weight is 371 g/mol. The summed E-state index contributed by atoms with van der Waals surface area (Å²) < 4.78 is 4.61. The molecule has 0 aliphatic carbocycles. The van der Waals surface area contributed by atoms with Crippen molar-refractivity contribution in [1.29, 1.82) is 0 Å². The Labute approximate surface area is 167 Å². The monoisotopic (exact) mass is 370 g/mol. The second kappa shape index (κ2) is 22.0. The maximum Gasteiger partial charge on any atom is 0.305 e.